The molecule has 98 valence electrons. The van der Waals surface area contributed by atoms with E-state index in [4.69, 9.17) is 21.7 Å². The third-order valence-corrected chi connectivity index (χ3v) is 2.80. The molecule has 0 aromatic carbocycles. The molecule has 0 saturated heterocycles. The van der Waals surface area contributed by atoms with Crippen molar-refractivity contribution in [3.63, 3.8) is 0 Å². The van der Waals surface area contributed by atoms with E-state index < -0.39 is 0 Å². The molecule has 0 aliphatic heterocycles. The summed E-state index contributed by atoms with van der Waals surface area (Å²) in [5.41, 5.74) is 12.3. The molecule has 0 unspecified atom stereocenters. The van der Waals surface area contributed by atoms with Gasteiger partial charge in [0.05, 0.1) is 6.33 Å². The summed E-state index contributed by atoms with van der Waals surface area (Å²) in [4.78, 5) is 12.0. The highest BCUT2D eigenvalue weighted by atomic mass is 16.3. The van der Waals surface area contributed by atoms with Crippen molar-refractivity contribution in [1.29, 1.82) is 0 Å². The quantitative estimate of drug-likeness (QED) is 0.534. The van der Waals surface area contributed by atoms with E-state index in [1.165, 1.54) is 0 Å². The molecule has 0 aliphatic rings. The Balaban J connectivity index is 2.24. The van der Waals surface area contributed by atoms with E-state index in [0.717, 1.165) is 0 Å². The maximum absolute atomic E-state index is 9.01. The summed E-state index contributed by atoms with van der Waals surface area (Å²) in [6.07, 6.45) is 2.21. The minimum absolute atomic E-state index is 0.0532. The van der Waals surface area contributed by atoms with Crippen LogP contribution in [0.3, 0.4) is 0 Å². The maximum atomic E-state index is 9.01. The fourth-order valence-electron chi connectivity index (χ4n) is 1.71. The molecule has 2 aromatic heterocycles. The van der Waals surface area contributed by atoms with Crippen molar-refractivity contribution >= 4 is 22.9 Å². The Bertz CT molecular complexity index is 536. The van der Waals surface area contributed by atoms with Gasteiger partial charge in [-0.3, -0.25) is 0 Å². The Morgan fingerprint density at radius 3 is 2.61 bits per heavy atom. The van der Waals surface area contributed by atoms with Crippen LogP contribution < -0.4 is 11.5 Å². The van der Waals surface area contributed by atoms with Crippen molar-refractivity contribution in [2.45, 2.75) is 13.0 Å². The number of fused-ring (bicyclic) bond motifs is 1. The van der Waals surface area contributed by atoms with E-state index in [2.05, 4.69) is 15.0 Å². The number of nitrogens with two attached hydrogens (primary N) is 2. The molecule has 2 aromatic rings. The first-order valence-corrected chi connectivity index (χ1v) is 5.61. The van der Waals surface area contributed by atoms with Crippen molar-refractivity contribution in [2.24, 2.45) is 5.92 Å². The first kappa shape index (κ1) is 12.5. The molecule has 0 fully saturated rings. The number of hydrogen-bond acceptors (Lipinski definition) is 7. The number of aliphatic hydroxyl groups excluding tert-OH is 2. The van der Waals surface area contributed by atoms with E-state index in [1.54, 1.807) is 10.9 Å². The Hall–Kier alpha value is -1.93. The molecule has 8 heteroatoms. The second-order valence-corrected chi connectivity index (χ2v) is 4.10. The summed E-state index contributed by atoms with van der Waals surface area (Å²) in [5, 5.41) is 18.0. The third kappa shape index (κ3) is 2.34. The number of nitrogen functional groups attached to an aromatic ring is 2. The van der Waals surface area contributed by atoms with Crippen LogP contribution in [0.5, 0.6) is 0 Å². The number of aryl methyl sites for hydroxylation is 1. The van der Waals surface area contributed by atoms with Gasteiger partial charge in [0.2, 0.25) is 5.95 Å². The highest BCUT2D eigenvalue weighted by Gasteiger charge is 2.11. The maximum Gasteiger partial charge on any atom is 0.224 e. The lowest BCUT2D eigenvalue weighted by molar-refractivity contribution is 0.140. The van der Waals surface area contributed by atoms with Crippen LogP contribution >= 0.6 is 0 Å². The van der Waals surface area contributed by atoms with Gasteiger partial charge in [-0.25, -0.2) is 4.98 Å². The minimum Gasteiger partial charge on any atom is -0.396 e. The van der Waals surface area contributed by atoms with Crippen LogP contribution in [0, 0.1) is 5.92 Å². The van der Waals surface area contributed by atoms with Gasteiger partial charge in [0.1, 0.15) is 5.52 Å². The Labute approximate surface area is 103 Å². The van der Waals surface area contributed by atoms with Crippen LogP contribution in [0.4, 0.5) is 11.8 Å². The largest absolute Gasteiger partial charge is 0.396 e. The highest BCUT2D eigenvalue weighted by molar-refractivity contribution is 5.82. The van der Waals surface area contributed by atoms with Crippen LogP contribution in [-0.2, 0) is 6.54 Å². The monoisotopic (exact) mass is 252 g/mol. The van der Waals surface area contributed by atoms with Crippen molar-refractivity contribution in [2.75, 3.05) is 24.7 Å². The van der Waals surface area contributed by atoms with E-state index in [-0.39, 0.29) is 30.9 Å². The summed E-state index contributed by atoms with van der Waals surface area (Å²) in [5.74, 6) is 0.193. The summed E-state index contributed by atoms with van der Waals surface area (Å²) >= 11 is 0. The molecule has 8 nitrogen and oxygen atoms in total. The number of aliphatic hydroxyl groups is 2. The third-order valence-electron chi connectivity index (χ3n) is 2.80. The molecule has 0 radical (unpaired) electrons. The van der Waals surface area contributed by atoms with Gasteiger partial charge in [-0.2, -0.15) is 9.97 Å². The van der Waals surface area contributed by atoms with Crippen LogP contribution in [-0.4, -0.2) is 42.9 Å². The zero-order valence-corrected chi connectivity index (χ0v) is 9.82. The summed E-state index contributed by atoms with van der Waals surface area (Å²) in [6, 6.07) is 0. The van der Waals surface area contributed by atoms with Crippen LogP contribution in [0.25, 0.3) is 11.2 Å². The van der Waals surface area contributed by atoms with Gasteiger partial charge in [0.15, 0.2) is 11.5 Å². The van der Waals surface area contributed by atoms with Crippen LogP contribution in [0.2, 0.25) is 0 Å². The number of nitrogens with zero attached hydrogens (tertiary/aromatic N) is 4. The van der Waals surface area contributed by atoms with Crippen LogP contribution in [0.1, 0.15) is 6.42 Å². The van der Waals surface area contributed by atoms with E-state index in [1.807, 2.05) is 0 Å². The lowest BCUT2D eigenvalue weighted by Crippen LogP contribution is -2.14. The number of imidazole rings is 1. The summed E-state index contributed by atoms with van der Waals surface area (Å²) < 4.78 is 1.78. The first-order valence-electron chi connectivity index (χ1n) is 5.61. The van der Waals surface area contributed by atoms with Crippen molar-refractivity contribution in [3.8, 4) is 0 Å². The lowest BCUT2D eigenvalue weighted by Gasteiger charge is -2.11. The minimum atomic E-state index is -0.154. The Kier molecular flexibility index (Phi) is 3.58. The van der Waals surface area contributed by atoms with Crippen molar-refractivity contribution in [3.05, 3.63) is 6.33 Å². The molecule has 2 rings (SSSR count). The molecule has 0 aliphatic carbocycles. The lowest BCUT2D eigenvalue weighted by atomic mass is 10.1. The number of aromatic nitrogens is 4. The first-order chi connectivity index (χ1) is 8.65. The van der Waals surface area contributed by atoms with Gasteiger partial charge in [0.25, 0.3) is 0 Å². The predicted molar refractivity (Wildman–Crippen MR) is 66.4 cm³/mol. The standard InChI is InChI=1S/C10H16N6O2/c11-8-7-9(15-10(12)14-8)16(5-13-7)2-1-6(3-17)4-18/h5-6,17-18H,1-4H2,(H4,11,12,14,15). The Morgan fingerprint density at radius 1 is 1.22 bits per heavy atom. The normalized spacial score (nSPS) is 11.5. The van der Waals surface area contributed by atoms with Crippen molar-refractivity contribution < 1.29 is 10.2 Å². The van der Waals surface area contributed by atoms with E-state index in [0.29, 0.717) is 24.1 Å². The topological polar surface area (TPSA) is 136 Å². The zero-order valence-electron chi connectivity index (χ0n) is 9.82. The van der Waals surface area contributed by atoms with Gasteiger partial charge in [-0.05, 0) is 6.42 Å². The average molecular weight is 252 g/mol. The molecule has 0 saturated carbocycles. The predicted octanol–water partition coefficient (Wildman–Crippen LogP) is -1.02. The van der Waals surface area contributed by atoms with Gasteiger partial charge < -0.3 is 26.2 Å². The smallest absolute Gasteiger partial charge is 0.224 e. The molecule has 18 heavy (non-hydrogen) atoms. The number of rotatable bonds is 5. The Morgan fingerprint density at radius 2 is 1.94 bits per heavy atom. The summed E-state index contributed by atoms with van der Waals surface area (Å²) in [6.45, 7) is 0.461. The second kappa shape index (κ2) is 5.15. The highest BCUT2D eigenvalue weighted by Crippen LogP contribution is 2.17. The molecule has 0 bridgehead atoms. The molecule has 0 spiro atoms. The second-order valence-electron chi connectivity index (χ2n) is 4.10. The van der Waals surface area contributed by atoms with E-state index >= 15 is 0 Å². The molecular formula is C10H16N6O2. The van der Waals surface area contributed by atoms with Crippen molar-refractivity contribution in [1.82, 2.24) is 19.5 Å². The SMILES string of the molecule is Nc1nc(N)c2ncn(CCC(CO)CO)c2n1. The molecular weight excluding hydrogens is 236 g/mol. The molecule has 6 N–H and O–H groups in total. The molecule has 0 amide bonds. The number of hydrogen-bond donors (Lipinski definition) is 4. The van der Waals surface area contributed by atoms with Gasteiger partial charge in [-0.15, -0.1) is 0 Å². The summed E-state index contributed by atoms with van der Waals surface area (Å²) in [7, 11) is 0. The fraction of sp³-hybridized carbons (Fsp3) is 0.500. The average Bonchev–Trinajstić information content (AvgIpc) is 2.74. The fourth-order valence-corrected chi connectivity index (χ4v) is 1.71. The number of anilines is 2. The molecule has 0 atom stereocenters. The molecule has 2 heterocycles. The van der Waals surface area contributed by atoms with E-state index in [9.17, 15) is 0 Å². The van der Waals surface area contributed by atoms with Gasteiger partial charge >= 0.3 is 0 Å². The van der Waals surface area contributed by atoms with Crippen LogP contribution in [0.15, 0.2) is 6.33 Å². The zero-order chi connectivity index (χ0) is 13.1. The van der Waals surface area contributed by atoms with Gasteiger partial charge in [0, 0.05) is 25.7 Å². The van der Waals surface area contributed by atoms with Gasteiger partial charge in [-0.1, -0.05) is 0 Å².